The Kier molecular flexibility index (Phi) is 4.62. The normalized spacial score (nSPS) is 10.5. The number of nitrogens with zero attached hydrogens (tertiary/aromatic N) is 1. The summed E-state index contributed by atoms with van der Waals surface area (Å²) in [6.07, 6.45) is 0. The van der Waals surface area contributed by atoms with Crippen molar-refractivity contribution in [3.8, 4) is 22.8 Å². The molecule has 5 heteroatoms. The number of hydrogen-bond donors (Lipinski definition) is 1. The van der Waals surface area contributed by atoms with E-state index in [4.69, 9.17) is 9.47 Å². The summed E-state index contributed by atoms with van der Waals surface area (Å²) in [6.45, 7) is 8.61. The molecule has 0 unspecified atom stereocenters. The second-order valence-corrected chi connectivity index (χ2v) is 4.65. The molecule has 0 saturated carbocycles. The van der Waals surface area contributed by atoms with Gasteiger partial charge in [-0.25, -0.2) is 4.98 Å². The lowest BCUT2D eigenvalue weighted by atomic mass is 10.1. The molecular weight excluding hydrogens is 268 g/mol. The largest absolute Gasteiger partial charge is 0.490 e. The fourth-order valence-corrected chi connectivity index (χ4v) is 2.02. The van der Waals surface area contributed by atoms with Gasteiger partial charge in [0.2, 0.25) is 0 Å². The van der Waals surface area contributed by atoms with Crippen LogP contribution in [0.15, 0.2) is 23.0 Å². The number of rotatable bonds is 5. The van der Waals surface area contributed by atoms with E-state index in [1.54, 1.807) is 12.1 Å². The van der Waals surface area contributed by atoms with Gasteiger partial charge in [-0.15, -0.1) is 0 Å². The Morgan fingerprint density at radius 2 is 1.76 bits per heavy atom. The van der Waals surface area contributed by atoms with Gasteiger partial charge in [-0.2, -0.15) is 0 Å². The van der Waals surface area contributed by atoms with Gasteiger partial charge in [0.1, 0.15) is 5.69 Å². The lowest BCUT2D eigenvalue weighted by Crippen LogP contribution is -2.14. The van der Waals surface area contributed by atoms with Crippen molar-refractivity contribution >= 4 is 0 Å². The molecule has 0 atom stereocenters. The molecule has 0 amide bonds. The molecule has 0 aliphatic heterocycles. The second-order valence-electron chi connectivity index (χ2n) is 4.65. The predicted octanol–water partition coefficient (Wildman–Crippen LogP) is 2.85. The number of ether oxygens (including phenoxy) is 2. The molecule has 0 radical (unpaired) electrons. The van der Waals surface area contributed by atoms with Crippen LogP contribution in [0.25, 0.3) is 11.3 Å². The van der Waals surface area contributed by atoms with E-state index < -0.39 is 0 Å². The third-order valence-corrected chi connectivity index (χ3v) is 3.16. The lowest BCUT2D eigenvalue weighted by Gasteiger charge is -2.12. The maximum atomic E-state index is 12.1. The second kappa shape index (κ2) is 6.43. The van der Waals surface area contributed by atoms with Gasteiger partial charge in [0.25, 0.3) is 5.56 Å². The van der Waals surface area contributed by atoms with Crippen molar-refractivity contribution in [2.75, 3.05) is 13.2 Å². The van der Waals surface area contributed by atoms with Crippen LogP contribution < -0.4 is 15.0 Å². The fourth-order valence-electron chi connectivity index (χ4n) is 2.02. The summed E-state index contributed by atoms with van der Waals surface area (Å²) in [5, 5.41) is 0. The summed E-state index contributed by atoms with van der Waals surface area (Å²) in [5.41, 5.74) is 2.48. The molecule has 0 aliphatic rings. The first-order valence-corrected chi connectivity index (χ1v) is 7.04. The van der Waals surface area contributed by atoms with Crippen molar-refractivity contribution < 1.29 is 9.47 Å². The van der Waals surface area contributed by atoms with Crippen molar-refractivity contribution in [3.05, 3.63) is 39.9 Å². The third-order valence-electron chi connectivity index (χ3n) is 3.16. The van der Waals surface area contributed by atoms with Gasteiger partial charge in [-0.3, -0.25) is 4.79 Å². The van der Waals surface area contributed by atoms with Crippen LogP contribution in [0, 0.1) is 13.8 Å². The minimum Gasteiger partial charge on any atom is -0.490 e. The molecule has 1 heterocycles. The Morgan fingerprint density at radius 1 is 1.10 bits per heavy atom. The Hall–Kier alpha value is -2.30. The Morgan fingerprint density at radius 3 is 2.43 bits per heavy atom. The highest BCUT2D eigenvalue weighted by Gasteiger charge is 2.12. The van der Waals surface area contributed by atoms with Gasteiger partial charge in [0, 0.05) is 11.3 Å². The monoisotopic (exact) mass is 288 g/mol. The molecule has 2 rings (SSSR count). The first-order chi connectivity index (χ1) is 10.1. The van der Waals surface area contributed by atoms with E-state index in [0.29, 0.717) is 36.0 Å². The number of aromatic amines is 1. The predicted molar refractivity (Wildman–Crippen MR) is 82.1 cm³/mol. The van der Waals surface area contributed by atoms with Gasteiger partial charge >= 0.3 is 0 Å². The highest BCUT2D eigenvalue weighted by molar-refractivity contribution is 5.63. The van der Waals surface area contributed by atoms with E-state index in [0.717, 1.165) is 11.4 Å². The maximum absolute atomic E-state index is 12.1. The van der Waals surface area contributed by atoms with E-state index in [9.17, 15) is 4.79 Å². The van der Waals surface area contributed by atoms with Gasteiger partial charge in [0.15, 0.2) is 11.5 Å². The van der Waals surface area contributed by atoms with Crippen molar-refractivity contribution in [2.24, 2.45) is 0 Å². The molecule has 0 fully saturated rings. The minimum absolute atomic E-state index is 0.204. The topological polar surface area (TPSA) is 64.2 Å². The number of nitrogens with one attached hydrogen (secondary N) is 1. The van der Waals surface area contributed by atoms with Crippen molar-refractivity contribution in [1.82, 2.24) is 9.97 Å². The molecule has 0 spiro atoms. The standard InChI is InChI=1S/C16H20N2O3/c1-5-20-13-8-7-12(9-14(13)21-6-2)15-16(19)18-11(4)10(3)17-15/h7-9H,5-6H2,1-4H3,(H,18,19). The first-order valence-electron chi connectivity index (χ1n) is 7.04. The van der Waals surface area contributed by atoms with Crippen LogP contribution in [-0.4, -0.2) is 23.2 Å². The Bertz CT molecular complexity index is 692. The number of hydrogen-bond acceptors (Lipinski definition) is 4. The molecule has 1 N–H and O–H groups in total. The van der Waals surface area contributed by atoms with E-state index in [1.807, 2.05) is 33.8 Å². The molecule has 2 aromatic rings. The van der Waals surface area contributed by atoms with Gasteiger partial charge < -0.3 is 14.5 Å². The van der Waals surface area contributed by atoms with Crippen LogP contribution in [0.2, 0.25) is 0 Å². The molecule has 0 aliphatic carbocycles. The van der Waals surface area contributed by atoms with Crippen LogP contribution in [-0.2, 0) is 0 Å². The van der Waals surface area contributed by atoms with E-state index >= 15 is 0 Å². The highest BCUT2D eigenvalue weighted by Crippen LogP contribution is 2.31. The van der Waals surface area contributed by atoms with Crippen LogP contribution in [0.5, 0.6) is 11.5 Å². The van der Waals surface area contributed by atoms with E-state index in [1.165, 1.54) is 0 Å². The van der Waals surface area contributed by atoms with Gasteiger partial charge in [-0.1, -0.05) is 0 Å². The van der Waals surface area contributed by atoms with Gasteiger partial charge in [-0.05, 0) is 45.9 Å². The average Bonchev–Trinajstić information content (AvgIpc) is 2.45. The summed E-state index contributed by atoms with van der Waals surface area (Å²) in [7, 11) is 0. The highest BCUT2D eigenvalue weighted by atomic mass is 16.5. The molecule has 5 nitrogen and oxygen atoms in total. The maximum Gasteiger partial charge on any atom is 0.274 e. The molecule has 0 bridgehead atoms. The number of aromatic nitrogens is 2. The molecule has 0 saturated heterocycles. The third kappa shape index (κ3) is 3.24. The molecule has 1 aromatic heterocycles. The zero-order valence-electron chi connectivity index (χ0n) is 12.8. The Labute approximate surface area is 124 Å². The lowest BCUT2D eigenvalue weighted by molar-refractivity contribution is 0.288. The SMILES string of the molecule is CCOc1ccc(-c2nc(C)c(C)[nH]c2=O)cc1OCC. The molecular formula is C16H20N2O3. The molecule has 1 aromatic carbocycles. The van der Waals surface area contributed by atoms with Crippen LogP contribution >= 0.6 is 0 Å². The zero-order chi connectivity index (χ0) is 15.4. The number of aryl methyl sites for hydroxylation is 2. The van der Waals surface area contributed by atoms with Crippen molar-refractivity contribution in [3.63, 3.8) is 0 Å². The smallest absolute Gasteiger partial charge is 0.274 e. The van der Waals surface area contributed by atoms with Crippen molar-refractivity contribution in [2.45, 2.75) is 27.7 Å². The van der Waals surface area contributed by atoms with Crippen LogP contribution in [0.3, 0.4) is 0 Å². The summed E-state index contributed by atoms with van der Waals surface area (Å²) in [5.74, 6) is 1.29. The van der Waals surface area contributed by atoms with Crippen LogP contribution in [0.1, 0.15) is 25.2 Å². The summed E-state index contributed by atoms with van der Waals surface area (Å²) < 4.78 is 11.1. The van der Waals surface area contributed by atoms with Crippen LogP contribution in [0.4, 0.5) is 0 Å². The van der Waals surface area contributed by atoms with Gasteiger partial charge in [0.05, 0.1) is 18.9 Å². The average molecular weight is 288 g/mol. The molecule has 21 heavy (non-hydrogen) atoms. The van der Waals surface area contributed by atoms with Crippen molar-refractivity contribution in [1.29, 1.82) is 0 Å². The van der Waals surface area contributed by atoms with E-state index in [-0.39, 0.29) is 5.56 Å². The first kappa shape index (κ1) is 15.1. The van der Waals surface area contributed by atoms with E-state index in [2.05, 4.69) is 9.97 Å². The minimum atomic E-state index is -0.204. The zero-order valence-corrected chi connectivity index (χ0v) is 12.8. The summed E-state index contributed by atoms with van der Waals surface area (Å²) in [4.78, 5) is 19.3. The fraction of sp³-hybridized carbons (Fsp3) is 0.375. The summed E-state index contributed by atoms with van der Waals surface area (Å²) in [6, 6.07) is 5.42. The number of H-pyrrole nitrogens is 1. The Balaban J connectivity index is 2.52. The molecule has 112 valence electrons. The quantitative estimate of drug-likeness (QED) is 0.919. The number of benzene rings is 1. The summed E-state index contributed by atoms with van der Waals surface area (Å²) >= 11 is 0.